The fraction of sp³-hybridized carbons (Fsp3) is 0.222. The molecule has 4 nitrogen and oxygen atoms in total. The van der Waals surface area contributed by atoms with Gasteiger partial charge in [0, 0.05) is 3.57 Å². The quantitative estimate of drug-likeness (QED) is 0.648. The molecule has 0 aliphatic rings. The monoisotopic (exact) mass is 338 g/mol. The van der Waals surface area contributed by atoms with Crippen LogP contribution in [-0.4, -0.2) is 17.1 Å². The van der Waals surface area contributed by atoms with Gasteiger partial charge in [0.05, 0.1) is 6.42 Å². The minimum atomic E-state index is -2.30. The molecule has 1 rings (SSSR count). The Kier molecular flexibility index (Phi) is 5.14. The van der Waals surface area contributed by atoms with Gasteiger partial charge in [-0.05, 0) is 44.9 Å². The van der Waals surface area contributed by atoms with Crippen LogP contribution in [0.25, 0.3) is 0 Å². The van der Waals surface area contributed by atoms with Crippen molar-refractivity contribution in [3.8, 4) is 0 Å². The molecule has 1 aromatic carbocycles. The normalized spacial score (nSPS) is 10.9. The van der Waals surface area contributed by atoms with E-state index in [1.54, 1.807) is 0 Å². The van der Waals surface area contributed by atoms with E-state index < -0.39 is 8.03 Å². The molecule has 0 aliphatic heterocycles. The lowest BCUT2D eigenvalue weighted by Crippen LogP contribution is -2.24. The fourth-order valence-electron chi connectivity index (χ4n) is 1.01. The van der Waals surface area contributed by atoms with Gasteiger partial charge in [0.2, 0.25) is 12.2 Å². The second-order valence-electron chi connectivity index (χ2n) is 2.91. The molecule has 0 aliphatic carbocycles. The lowest BCUT2D eigenvalue weighted by molar-refractivity contribution is -0.120. The molecule has 0 spiro atoms. The third kappa shape index (κ3) is 5.20. The van der Waals surface area contributed by atoms with E-state index in [2.05, 4.69) is 27.9 Å². The predicted octanol–water partition coefficient (Wildman–Crippen LogP) is 1.64. The Hall–Kier alpha value is -0.520. The van der Waals surface area contributed by atoms with Gasteiger partial charge in [-0.25, -0.2) is 0 Å². The number of benzene rings is 1. The van der Waals surface area contributed by atoms with Crippen molar-refractivity contribution < 1.29 is 14.3 Å². The average molecular weight is 338 g/mol. The highest BCUT2D eigenvalue weighted by Crippen LogP contribution is 2.10. The summed E-state index contributed by atoms with van der Waals surface area (Å²) >= 11 is 2.18. The van der Waals surface area contributed by atoms with E-state index in [-0.39, 0.29) is 18.6 Å². The predicted molar refractivity (Wildman–Crippen MR) is 65.7 cm³/mol. The molecular weight excluding hydrogens is 328 g/mol. The van der Waals surface area contributed by atoms with E-state index in [0.717, 1.165) is 9.13 Å². The molecule has 0 radical (unpaired) electrons. The summed E-state index contributed by atoms with van der Waals surface area (Å²) in [6.07, 6.45) is 0.0542. The first-order valence-electron chi connectivity index (χ1n) is 4.22. The third-order valence-electron chi connectivity index (χ3n) is 1.69. The van der Waals surface area contributed by atoms with Gasteiger partial charge in [0.25, 0.3) is 0 Å². The summed E-state index contributed by atoms with van der Waals surface area (Å²) < 4.78 is 11.4. The molecular formula is C9H10INO3P+. The van der Waals surface area contributed by atoms with Crippen LogP contribution in [0.3, 0.4) is 0 Å². The fourth-order valence-corrected chi connectivity index (χ4v) is 1.68. The van der Waals surface area contributed by atoms with Crippen LogP contribution in [0.15, 0.2) is 24.3 Å². The molecule has 6 heteroatoms. The van der Waals surface area contributed by atoms with Crippen molar-refractivity contribution in [1.82, 2.24) is 5.32 Å². The minimum Gasteiger partial charge on any atom is -0.312 e. The summed E-state index contributed by atoms with van der Waals surface area (Å²) in [5.41, 5.74) is 0.890. The number of rotatable bonds is 4. The number of amides is 1. The van der Waals surface area contributed by atoms with Gasteiger partial charge >= 0.3 is 8.03 Å². The number of carbonyl (C=O) groups is 1. The van der Waals surface area contributed by atoms with Crippen molar-refractivity contribution in [2.45, 2.75) is 6.42 Å². The summed E-state index contributed by atoms with van der Waals surface area (Å²) in [4.78, 5) is 19.7. The molecule has 1 unspecified atom stereocenters. The summed E-state index contributed by atoms with van der Waals surface area (Å²) in [5, 5.41) is 2.37. The van der Waals surface area contributed by atoms with E-state index in [1.165, 1.54) is 0 Å². The molecule has 0 bridgehead atoms. The van der Waals surface area contributed by atoms with Crippen molar-refractivity contribution in [1.29, 1.82) is 0 Å². The van der Waals surface area contributed by atoms with E-state index in [9.17, 15) is 9.36 Å². The van der Waals surface area contributed by atoms with Gasteiger partial charge in [0.15, 0.2) is 0 Å². The smallest absolute Gasteiger partial charge is 0.312 e. The molecule has 0 saturated carbocycles. The highest BCUT2D eigenvalue weighted by molar-refractivity contribution is 14.1. The van der Waals surface area contributed by atoms with Crippen LogP contribution in [-0.2, 0) is 15.8 Å². The second kappa shape index (κ2) is 6.15. The maximum atomic E-state index is 11.2. The van der Waals surface area contributed by atoms with Gasteiger partial charge in [-0.2, -0.15) is 4.89 Å². The largest absolute Gasteiger partial charge is 0.527 e. The first-order chi connectivity index (χ1) is 7.08. The lowest BCUT2D eigenvalue weighted by atomic mass is 10.1. The number of halogens is 1. The Labute approximate surface area is 102 Å². The second-order valence-corrected chi connectivity index (χ2v) is 5.18. The zero-order chi connectivity index (χ0) is 11.3. The maximum absolute atomic E-state index is 11.2. The number of hydrogen-bond donors (Lipinski definition) is 2. The van der Waals surface area contributed by atoms with Crippen LogP contribution in [0, 0.1) is 3.57 Å². The van der Waals surface area contributed by atoms with Crippen molar-refractivity contribution >= 4 is 36.5 Å². The molecule has 1 amide bonds. The zero-order valence-electron chi connectivity index (χ0n) is 7.81. The van der Waals surface area contributed by atoms with E-state index >= 15 is 0 Å². The van der Waals surface area contributed by atoms with Crippen LogP contribution in [0.4, 0.5) is 0 Å². The van der Waals surface area contributed by atoms with Crippen molar-refractivity contribution in [2.75, 3.05) is 6.29 Å². The molecule has 80 valence electrons. The first-order valence-corrected chi connectivity index (χ1v) is 6.70. The van der Waals surface area contributed by atoms with Crippen LogP contribution >= 0.6 is 30.6 Å². The standard InChI is InChI=1S/C9H9INO3P/c10-8-3-1-7(2-4-8)5-9(12)11-6-15(13)14/h1-4H,5-6H2,(H-,11,12,13,14)/p+1. The minimum absolute atomic E-state index is 0.182. The average Bonchev–Trinajstić information content (AvgIpc) is 2.19. The van der Waals surface area contributed by atoms with Crippen molar-refractivity contribution in [2.24, 2.45) is 0 Å². The zero-order valence-corrected chi connectivity index (χ0v) is 10.9. The molecule has 15 heavy (non-hydrogen) atoms. The Balaban J connectivity index is 2.44. The summed E-state index contributed by atoms with van der Waals surface area (Å²) in [7, 11) is -2.30. The van der Waals surface area contributed by atoms with E-state index in [0.29, 0.717) is 0 Å². The Morgan fingerprint density at radius 2 is 2.00 bits per heavy atom. The molecule has 1 aromatic rings. The van der Waals surface area contributed by atoms with Crippen LogP contribution in [0.5, 0.6) is 0 Å². The topological polar surface area (TPSA) is 66.4 Å². The van der Waals surface area contributed by atoms with Gasteiger partial charge < -0.3 is 5.32 Å². The SMILES string of the molecule is O=C(Cc1ccc(I)cc1)NC[P+](=O)O. The maximum Gasteiger partial charge on any atom is 0.527 e. The Bertz CT molecular complexity index is 366. The molecule has 2 N–H and O–H groups in total. The highest BCUT2D eigenvalue weighted by Gasteiger charge is 2.12. The van der Waals surface area contributed by atoms with Crippen LogP contribution in [0.2, 0.25) is 0 Å². The Morgan fingerprint density at radius 3 is 2.53 bits per heavy atom. The summed E-state index contributed by atoms with van der Waals surface area (Å²) in [6, 6.07) is 7.55. The highest BCUT2D eigenvalue weighted by atomic mass is 127. The van der Waals surface area contributed by atoms with Crippen molar-refractivity contribution in [3.05, 3.63) is 33.4 Å². The lowest BCUT2D eigenvalue weighted by Gasteiger charge is -2.00. The first kappa shape index (κ1) is 12.5. The van der Waals surface area contributed by atoms with Gasteiger partial charge in [-0.3, -0.25) is 4.79 Å². The number of hydrogen-bond acceptors (Lipinski definition) is 2. The number of carbonyl (C=O) groups excluding carboxylic acids is 1. The summed E-state index contributed by atoms with van der Waals surface area (Å²) in [6.45, 7) is 0. The molecule has 0 fully saturated rings. The van der Waals surface area contributed by atoms with Crippen molar-refractivity contribution in [3.63, 3.8) is 0 Å². The van der Waals surface area contributed by atoms with E-state index in [4.69, 9.17) is 4.89 Å². The van der Waals surface area contributed by atoms with Gasteiger partial charge in [-0.1, -0.05) is 12.1 Å². The van der Waals surface area contributed by atoms with E-state index in [1.807, 2.05) is 24.3 Å². The summed E-state index contributed by atoms with van der Waals surface area (Å²) in [5.74, 6) is -0.242. The van der Waals surface area contributed by atoms with Crippen LogP contribution in [0.1, 0.15) is 5.56 Å². The molecule has 0 saturated heterocycles. The molecule has 0 aromatic heterocycles. The third-order valence-corrected chi connectivity index (χ3v) is 2.84. The molecule has 1 atom stereocenters. The van der Waals surface area contributed by atoms with Gasteiger partial charge in [-0.15, -0.1) is 0 Å². The Morgan fingerprint density at radius 1 is 1.40 bits per heavy atom. The van der Waals surface area contributed by atoms with Gasteiger partial charge in [0.1, 0.15) is 0 Å². The molecule has 0 heterocycles. The van der Waals surface area contributed by atoms with Crippen LogP contribution < -0.4 is 5.32 Å². The number of nitrogens with one attached hydrogen (secondary N) is 1.